The highest BCUT2D eigenvalue weighted by atomic mass is 16.5. The summed E-state index contributed by atoms with van der Waals surface area (Å²) in [6.45, 7) is 6.02. The van der Waals surface area contributed by atoms with Crippen LogP contribution in [0.1, 0.15) is 0 Å². The van der Waals surface area contributed by atoms with Gasteiger partial charge in [-0.25, -0.2) is 0 Å². The van der Waals surface area contributed by atoms with Gasteiger partial charge >= 0.3 is 0 Å². The van der Waals surface area contributed by atoms with E-state index in [4.69, 9.17) is 9.47 Å². The van der Waals surface area contributed by atoms with Crippen molar-refractivity contribution in [1.29, 1.82) is 0 Å². The molecule has 0 bridgehead atoms. The average molecular weight is 301 g/mol. The number of aliphatic hydroxyl groups excluding tert-OH is 1. The smallest absolute Gasteiger partial charge is 0.127 e. The third-order valence-corrected chi connectivity index (χ3v) is 3.21. The second kappa shape index (κ2) is 9.20. The number of hydrogen-bond acceptors (Lipinski definition) is 4. The van der Waals surface area contributed by atoms with Gasteiger partial charge in [-0.1, -0.05) is 42.5 Å². The van der Waals surface area contributed by atoms with E-state index in [1.165, 1.54) is 5.39 Å². The summed E-state index contributed by atoms with van der Waals surface area (Å²) in [6, 6.07) is 14.2. The van der Waals surface area contributed by atoms with E-state index in [1.54, 1.807) is 6.08 Å². The molecule has 118 valence electrons. The lowest BCUT2D eigenvalue weighted by atomic mass is 10.1. The lowest BCUT2D eigenvalue weighted by Gasteiger charge is -2.13. The first kappa shape index (κ1) is 16.5. The summed E-state index contributed by atoms with van der Waals surface area (Å²) in [4.78, 5) is 0. The van der Waals surface area contributed by atoms with Crippen molar-refractivity contribution in [3.63, 3.8) is 0 Å². The molecule has 2 aromatic carbocycles. The van der Waals surface area contributed by atoms with Crippen LogP contribution in [0.15, 0.2) is 55.1 Å². The first-order chi connectivity index (χ1) is 10.8. The van der Waals surface area contributed by atoms with Crippen LogP contribution in [0, 0.1) is 0 Å². The van der Waals surface area contributed by atoms with Gasteiger partial charge in [-0.05, 0) is 11.5 Å². The van der Waals surface area contributed by atoms with Gasteiger partial charge in [-0.15, -0.1) is 6.58 Å². The van der Waals surface area contributed by atoms with Gasteiger partial charge in [-0.2, -0.15) is 0 Å². The highest BCUT2D eigenvalue weighted by Gasteiger charge is 2.04. The third-order valence-electron chi connectivity index (χ3n) is 3.21. The standard InChI is InChI=1S/C18H23NO3/c1-2-11-21-14-16(20)13-19-10-12-22-18-9-5-7-15-6-3-4-8-17(15)18/h2-9,16,19-20H,1,10-14H2/t16-/m1/s1. The fraction of sp³-hybridized carbons (Fsp3) is 0.333. The molecule has 2 rings (SSSR count). The predicted molar refractivity (Wildman–Crippen MR) is 89.3 cm³/mol. The molecule has 0 saturated heterocycles. The van der Waals surface area contributed by atoms with Gasteiger partial charge in [0.25, 0.3) is 0 Å². The molecule has 4 heteroatoms. The number of rotatable bonds is 10. The molecular formula is C18H23NO3. The maximum Gasteiger partial charge on any atom is 0.127 e. The van der Waals surface area contributed by atoms with Crippen LogP contribution in [0.2, 0.25) is 0 Å². The molecule has 0 aliphatic rings. The molecule has 0 radical (unpaired) electrons. The lowest BCUT2D eigenvalue weighted by molar-refractivity contribution is 0.0491. The molecule has 0 unspecified atom stereocenters. The fourth-order valence-electron chi connectivity index (χ4n) is 2.17. The Balaban J connectivity index is 1.69. The Bertz CT molecular complexity index is 580. The summed E-state index contributed by atoms with van der Waals surface area (Å²) in [5, 5.41) is 15.1. The van der Waals surface area contributed by atoms with Gasteiger partial charge in [0, 0.05) is 18.5 Å². The molecule has 0 saturated carbocycles. The summed E-state index contributed by atoms with van der Waals surface area (Å²) in [7, 11) is 0. The Morgan fingerprint density at radius 3 is 2.86 bits per heavy atom. The van der Waals surface area contributed by atoms with Crippen molar-refractivity contribution >= 4 is 10.8 Å². The van der Waals surface area contributed by atoms with E-state index in [2.05, 4.69) is 30.1 Å². The van der Waals surface area contributed by atoms with Gasteiger partial charge in [-0.3, -0.25) is 0 Å². The Hall–Kier alpha value is -1.88. The van der Waals surface area contributed by atoms with Crippen molar-refractivity contribution in [1.82, 2.24) is 5.32 Å². The summed E-state index contributed by atoms with van der Waals surface area (Å²) < 4.78 is 11.0. The van der Waals surface area contributed by atoms with E-state index in [0.717, 1.165) is 11.1 Å². The molecule has 0 aromatic heterocycles. The SMILES string of the molecule is C=CCOC[C@H](O)CNCCOc1cccc2ccccc12. The lowest BCUT2D eigenvalue weighted by Crippen LogP contribution is -2.32. The average Bonchev–Trinajstić information content (AvgIpc) is 2.55. The topological polar surface area (TPSA) is 50.7 Å². The Morgan fingerprint density at radius 2 is 2.00 bits per heavy atom. The van der Waals surface area contributed by atoms with Crippen LogP contribution in [0.25, 0.3) is 10.8 Å². The molecule has 0 fully saturated rings. The van der Waals surface area contributed by atoms with Crippen LogP contribution in [0.4, 0.5) is 0 Å². The Labute approximate surface area is 131 Å². The summed E-state index contributed by atoms with van der Waals surface area (Å²) in [5.74, 6) is 0.884. The zero-order chi connectivity index (χ0) is 15.6. The number of hydrogen-bond donors (Lipinski definition) is 2. The summed E-state index contributed by atoms with van der Waals surface area (Å²) >= 11 is 0. The van der Waals surface area contributed by atoms with Crippen molar-refractivity contribution in [3.05, 3.63) is 55.1 Å². The van der Waals surface area contributed by atoms with Crippen LogP contribution in [0.5, 0.6) is 5.75 Å². The Morgan fingerprint density at radius 1 is 1.18 bits per heavy atom. The predicted octanol–water partition coefficient (Wildman–Crippen LogP) is 2.37. The number of fused-ring (bicyclic) bond motifs is 1. The molecular weight excluding hydrogens is 278 g/mol. The minimum absolute atomic E-state index is 0.309. The van der Waals surface area contributed by atoms with Crippen LogP contribution in [-0.2, 0) is 4.74 Å². The normalized spacial score (nSPS) is 12.2. The quantitative estimate of drug-likeness (QED) is 0.522. The molecule has 2 aromatic rings. The number of ether oxygens (including phenoxy) is 2. The maximum atomic E-state index is 9.67. The zero-order valence-corrected chi connectivity index (χ0v) is 12.7. The number of benzene rings is 2. The largest absolute Gasteiger partial charge is 0.492 e. The van der Waals surface area contributed by atoms with E-state index < -0.39 is 6.10 Å². The van der Waals surface area contributed by atoms with E-state index in [1.807, 2.05) is 24.3 Å². The molecule has 22 heavy (non-hydrogen) atoms. The van der Waals surface area contributed by atoms with E-state index >= 15 is 0 Å². The number of aliphatic hydroxyl groups is 1. The molecule has 0 heterocycles. The second-order valence-electron chi connectivity index (χ2n) is 5.01. The van der Waals surface area contributed by atoms with Crippen LogP contribution in [0.3, 0.4) is 0 Å². The van der Waals surface area contributed by atoms with Crippen LogP contribution >= 0.6 is 0 Å². The van der Waals surface area contributed by atoms with Crippen molar-refractivity contribution < 1.29 is 14.6 Å². The monoisotopic (exact) mass is 301 g/mol. The van der Waals surface area contributed by atoms with E-state index in [0.29, 0.717) is 32.9 Å². The third kappa shape index (κ3) is 5.15. The van der Waals surface area contributed by atoms with Crippen molar-refractivity contribution in [2.45, 2.75) is 6.10 Å². The first-order valence-electron chi connectivity index (χ1n) is 7.49. The summed E-state index contributed by atoms with van der Waals surface area (Å²) in [6.07, 6.45) is 1.15. The molecule has 0 aliphatic heterocycles. The van der Waals surface area contributed by atoms with Gasteiger partial charge in [0.2, 0.25) is 0 Å². The van der Waals surface area contributed by atoms with Crippen molar-refractivity contribution in [2.24, 2.45) is 0 Å². The Kier molecular flexibility index (Phi) is 6.90. The van der Waals surface area contributed by atoms with Crippen molar-refractivity contribution in [3.8, 4) is 5.75 Å². The molecule has 0 aliphatic carbocycles. The van der Waals surface area contributed by atoms with Gasteiger partial charge in [0.1, 0.15) is 12.4 Å². The second-order valence-corrected chi connectivity index (χ2v) is 5.01. The fourth-order valence-corrected chi connectivity index (χ4v) is 2.17. The van der Waals surface area contributed by atoms with Gasteiger partial charge in [0.15, 0.2) is 0 Å². The molecule has 4 nitrogen and oxygen atoms in total. The molecule has 2 N–H and O–H groups in total. The molecule has 0 amide bonds. The first-order valence-corrected chi connectivity index (χ1v) is 7.49. The minimum atomic E-state index is -0.516. The summed E-state index contributed by atoms with van der Waals surface area (Å²) in [5.41, 5.74) is 0. The highest BCUT2D eigenvalue weighted by molar-refractivity contribution is 5.88. The molecule has 0 spiro atoms. The van der Waals surface area contributed by atoms with Crippen LogP contribution in [-0.4, -0.2) is 44.1 Å². The highest BCUT2D eigenvalue weighted by Crippen LogP contribution is 2.24. The van der Waals surface area contributed by atoms with Gasteiger partial charge < -0.3 is 19.9 Å². The van der Waals surface area contributed by atoms with Gasteiger partial charge in [0.05, 0.1) is 19.3 Å². The maximum absolute atomic E-state index is 9.67. The number of nitrogens with one attached hydrogen (secondary N) is 1. The zero-order valence-electron chi connectivity index (χ0n) is 12.7. The minimum Gasteiger partial charge on any atom is -0.492 e. The van der Waals surface area contributed by atoms with E-state index in [9.17, 15) is 5.11 Å². The van der Waals surface area contributed by atoms with E-state index in [-0.39, 0.29) is 0 Å². The van der Waals surface area contributed by atoms with Crippen molar-refractivity contribution in [2.75, 3.05) is 32.9 Å². The van der Waals surface area contributed by atoms with Crippen LogP contribution < -0.4 is 10.1 Å². The molecule has 1 atom stereocenters.